The molecule has 0 aliphatic heterocycles. The van der Waals surface area contributed by atoms with Crippen LogP contribution in [-0.4, -0.2) is 40.1 Å². The maximum atomic E-state index is 13.7. The summed E-state index contributed by atoms with van der Waals surface area (Å²) in [5.41, 5.74) is 3.68. The Balaban J connectivity index is 1.79. The number of Topliss-reactive ketones (excluding diaryl/α,β-unsaturated/α-hetero) is 1. The van der Waals surface area contributed by atoms with Crippen LogP contribution in [0.5, 0.6) is 5.75 Å². The van der Waals surface area contributed by atoms with Crippen molar-refractivity contribution in [1.29, 1.82) is 0 Å². The number of rotatable bonds is 8. The number of nitrogens with one attached hydrogen (secondary N) is 1. The van der Waals surface area contributed by atoms with Crippen LogP contribution in [0.25, 0.3) is 16.6 Å². The van der Waals surface area contributed by atoms with Gasteiger partial charge in [-0.2, -0.15) is 0 Å². The summed E-state index contributed by atoms with van der Waals surface area (Å²) in [5, 5.41) is 3.60. The quantitative estimate of drug-likeness (QED) is 0.199. The van der Waals surface area contributed by atoms with Gasteiger partial charge in [-0.05, 0) is 81.8 Å². The van der Waals surface area contributed by atoms with Crippen LogP contribution in [0, 0.1) is 13.8 Å². The number of methoxy groups -OCH3 is 1. The third-order valence-electron chi connectivity index (χ3n) is 5.88. The Hall–Kier alpha value is -3.91. The second kappa shape index (κ2) is 11.0. The molecule has 0 bridgehead atoms. The van der Waals surface area contributed by atoms with Crippen LogP contribution in [0.1, 0.15) is 45.7 Å². The highest BCUT2D eigenvalue weighted by atomic mass is 32.2. The monoisotopic (exact) mass is 515 g/mol. The number of amides is 1. The highest BCUT2D eigenvalue weighted by Gasteiger charge is 2.18. The van der Waals surface area contributed by atoms with Gasteiger partial charge in [0.15, 0.2) is 10.9 Å². The molecule has 0 saturated heterocycles. The van der Waals surface area contributed by atoms with Gasteiger partial charge in [0.1, 0.15) is 5.75 Å². The summed E-state index contributed by atoms with van der Waals surface area (Å²) in [6.07, 6.45) is 0. The summed E-state index contributed by atoms with van der Waals surface area (Å²) in [4.78, 5) is 44.1. The zero-order valence-corrected chi connectivity index (χ0v) is 22.3. The van der Waals surface area contributed by atoms with Crippen LogP contribution in [0.4, 0.5) is 0 Å². The first-order valence-electron chi connectivity index (χ1n) is 11.9. The van der Waals surface area contributed by atoms with Crippen molar-refractivity contribution in [1.82, 2.24) is 14.9 Å². The molecule has 0 aliphatic rings. The molecule has 1 amide bonds. The molecule has 37 heavy (non-hydrogen) atoms. The zero-order valence-electron chi connectivity index (χ0n) is 21.5. The van der Waals surface area contributed by atoms with E-state index in [2.05, 4.69) is 5.32 Å². The Morgan fingerprint density at radius 2 is 1.76 bits per heavy atom. The molecule has 0 fully saturated rings. The van der Waals surface area contributed by atoms with E-state index in [0.29, 0.717) is 38.6 Å². The maximum absolute atomic E-state index is 13.7. The molecule has 0 spiro atoms. The summed E-state index contributed by atoms with van der Waals surface area (Å²) in [5.74, 6) is 0.473. The lowest BCUT2D eigenvalue weighted by atomic mass is 10.0. The Kier molecular flexibility index (Phi) is 7.78. The lowest BCUT2D eigenvalue weighted by Gasteiger charge is -2.15. The van der Waals surface area contributed by atoms with E-state index in [1.807, 2.05) is 45.9 Å². The number of carbonyl (C=O) groups is 2. The predicted molar refractivity (Wildman–Crippen MR) is 147 cm³/mol. The minimum atomic E-state index is -0.285. The number of ether oxygens (including phenoxy) is 1. The van der Waals surface area contributed by atoms with Crippen LogP contribution < -0.4 is 15.6 Å². The summed E-state index contributed by atoms with van der Waals surface area (Å²) in [7, 11) is 1.58. The molecule has 1 aromatic heterocycles. The molecule has 0 atom stereocenters. The zero-order chi connectivity index (χ0) is 26.7. The molecular weight excluding hydrogens is 486 g/mol. The largest absolute Gasteiger partial charge is 0.497 e. The highest BCUT2D eigenvalue weighted by molar-refractivity contribution is 7.99. The number of aromatic nitrogens is 2. The lowest BCUT2D eigenvalue weighted by molar-refractivity contribution is 0.0942. The van der Waals surface area contributed by atoms with Gasteiger partial charge in [-0.15, -0.1) is 0 Å². The minimum Gasteiger partial charge on any atom is -0.497 e. The topological polar surface area (TPSA) is 90.3 Å². The smallest absolute Gasteiger partial charge is 0.266 e. The van der Waals surface area contributed by atoms with Gasteiger partial charge in [0.2, 0.25) is 0 Å². The molecule has 4 aromatic rings. The lowest BCUT2D eigenvalue weighted by Crippen LogP contribution is -2.30. The summed E-state index contributed by atoms with van der Waals surface area (Å²) in [6, 6.07) is 17.7. The average Bonchev–Trinajstić information content (AvgIpc) is 2.88. The van der Waals surface area contributed by atoms with Crippen LogP contribution in [0.3, 0.4) is 0 Å². The number of benzene rings is 3. The Bertz CT molecular complexity index is 1540. The van der Waals surface area contributed by atoms with E-state index in [1.165, 1.54) is 16.3 Å². The fourth-order valence-corrected chi connectivity index (χ4v) is 4.85. The molecule has 0 saturated carbocycles. The number of nitrogens with zero attached hydrogens (tertiary/aromatic N) is 2. The minimum absolute atomic E-state index is 0.0264. The molecular formula is C29H29N3O4S. The van der Waals surface area contributed by atoms with E-state index in [4.69, 9.17) is 9.72 Å². The maximum Gasteiger partial charge on any atom is 0.266 e. The third kappa shape index (κ3) is 5.75. The van der Waals surface area contributed by atoms with Crippen LogP contribution in [0.2, 0.25) is 0 Å². The van der Waals surface area contributed by atoms with Gasteiger partial charge in [-0.3, -0.25) is 19.0 Å². The van der Waals surface area contributed by atoms with E-state index < -0.39 is 0 Å². The van der Waals surface area contributed by atoms with Gasteiger partial charge in [-0.1, -0.05) is 29.5 Å². The van der Waals surface area contributed by atoms with Crippen molar-refractivity contribution in [3.63, 3.8) is 0 Å². The Morgan fingerprint density at radius 1 is 1.03 bits per heavy atom. The Morgan fingerprint density at radius 3 is 2.43 bits per heavy atom. The van der Waals surface area contributed by atoms with Crippen molar-refractivity contribution in [3.8, 4) is 11.4 Å². The van der Waals surface area contributed by atoms with E-state index in [-0.39, 0.29) is 29.0 Å². The first-order valence-corrected chi connectivity index (χ1v) is 12.9. The summed E-state index contributed by atoms with van der Waals surface area (Å²) in [6.45, 7) is 7.62. The molecule has 0 unspecified atom stereocenters. The fourth-order valence-electron chi connectivity index (χ4n) is 3.95. The first kappa shape index (κ1) is 26.2. The number of thioether (sulfide) groups is 1. The van der Waals surface area contributed by atoms with Crippen molar-refractivity contribution in [2.45, 2.75) is 38.9 Å². The van der Waals surface area contributed by atoms with Crippen molar-refractivity contribution in [3.05, 3.63) is 93.3 Å². The number of carbonyl (C=O) groups excluding carboxylic acids is 2. The number of aryl methyl sites for hydroxylation is 2. The van der Waals surface area contributed by atoms with E-state index in [1.54, 1.807) is 49.6 Å². The molecule has 1 heterocycles. The molecule has 8 heteroatoms. The van der Waals surface area contributed by atoms with Crippen molar-refractivity contribution < 1.29 is 14.3 Å². The van der Waals surface area contributed by atoms with Crippen molar-refractivity contribution in [2.75, 3.05) is 12.9 Å². The van der Waals surface area contributed by atoms with Gasteiger partial charge in [0, 0.05) is 17.2 Å². The number of fused-ring (bicyclic) bond motifs is 1. The third-order valence-corrected chi connectivity index (χ3v) is 6.82. The van der Waals surface area contributed by atoms with Crippen LogP contribution >= 0.6 is 11.8 Å². The molecule has 1 N–H and O–H groups in total. The predicted octanol–water partition coefficient (Wildman–Crippen LogP) is 5.12. The van der Waals surface area contributed by atoms with E-state index >= 15 is 0 Å². The van der Waals surface area contributed by atoms with Crippen LogP contribution in [0.15, 0.2) is 70.6 Å². The van der Waals surface area contributed by atoms with Gasteiger partial charge >= 0.3 is 0 Å². The van der Waals surface area contributed by atoms with Crippen molar-refractivity contribution >= 4 is 34.4 Å². The number of ketones is 1. The molecule has 4 rings (SSSR count). The standard InChI is InChI=1S/C29H29N3O4S/c1-17(2)30-27(34)20-8-13-23-25(15-20)31-29(32(28(23)35)21-9-11-22(36-5)12-10-21)37-16-26(33)24-14-18(3)6-7-19(24)4/h6-15,17H,16H2,1-5H3,(H,30,34). The first-order chi connectivity index (χ1) is 17.7. The molecule has 7 nitrogen and oxygen atoms in total. The second-order valence-electron chi connectivity index (χ2n) is 9.12. The molecule has 0 radical (unpaired) electrons. The van der Waals surface area contributed by atoms with E-state index in [9.17, 15) is 14.4 Å². The average molecular weight is 516 g/mol. The van der Waals surface area contributed by atoms with Gasteiger partial charge in [0.05, 0.1) is 29.5 Å². The van der Waals surface area contributed by atoms with E-state index in [0.717, 1.165) is 11.1 Å². The Labute approximate surface area is 219 Å². The highest BCUT2D eigenvalue weighted by Crippen LogP contribution is 2.25. The van der Waals surface area contributed by atoms with Gasteiger partial charge in [-0.25, -0.2) is 4.98 Å². The summed E-state index contributed by atoms with van der Waals surface area (Å²) >= 11 is 1.19. The second-order valence-corrected chi connectivity index (χ2v) is 10.1. The summed E-state index contributed by atoms with van der Waals surface area (Å²) < 4.78 is 6.75. The van der Waals surface area contributed by atoms with Crippen LogP contribution in [-0.2, 0) is 0 Å². The number of hydrogen-bond donors (Lipinski definition) is 1. The molecule has 0 aliphatic carbocycles. The SMILES string of the molecule is COc1ccc(-n2c(SCC(=O)c3cc(C)ccc3C)nc3cc(C(=O)NC(C)C)ccc3c2=O)cc1. The fraction of sp³-hybridized carbons (Fsp3) is 0.241. The molecule has 3 aromatic carbocycles. The normalized spacial score (nSPS) is 11.1. The van der Waals surface area contributed by atoms with Gasteiger partial charge in [0.25, 0.3) is 11.5 Å². The molecule has 190 valence electrons. The van der Waals surface area contributed by atoms with Gasteiger partial charge < -0.3 is 10.1 Å². The van der Waals surface area contributed by atoms with Crippen molar-refractivity contribution in [2.24, 2.45) is 0 Å². The number of hydrogen-bond acceptors (Lipinski definition) is 6.